The van der Waals surface area contributed by atoms with Crippen LogP contribution in [0.5, 0.6) is 0 Å². The largest absolute Gasteiger partial charge is 0.381 e. The Morgan fingerprint density at radius 2 is 2.37 bits per heavy atom. The number of nitriles is 1. The topological polar surface area (TPSA) is 47.8 Å². The Hall–Kier alpha value is -1.18. The Labute approximate surface area is 119 Å². The number of benzene rings is 1. The van der Waals surface area contributed by atoms with E-state index in [1.54, 1.807) is 11.8 Å². The summed E-state index contributed by atoms with van der Waals surface area (Å²) in [5.74, 6) is 0.637. The van der Waals surface area contributed by atoms with E-state index in [1.807, 2.05) is 24.5 Å². The van der Waals surface area contributed by atoms with Gasteiger partial charge in [0.05, 0.1) is 11.3 Å². The normalized spacial score (nSPS) is 20.6. The lowest BCUT2D eigenvalue weighted by atomic mass is 9.92. The minimum absolute atomic E-state index is 0.386. The second-order valence-electron chi connectivity index (χ2n) is 5.03. The number of hydrogen-bond donors (Lipinski definition) is 2. The molecule has 0 radical (unpaired) electrons. The number of nitrogens with zero attached hydrogens (tertiary/aromatic N) is 1. The lowest BCUT2D eigenvalue weighted by Crippen LogP contribution is -2.38. The van der Waals surface area contributed by atoms with Crippen LogP contribution < -0.4 is 10.6 Å². The molecule has 0 aromatic heterocycles. The van der Waals surface area contributed by atoms with Crippen molar-refractivity contribution in [2.75, 3.05) is 24.7 Å². The van der Waals surface area contributed by atoms with Gasteiger partial charge in [0.25, 0.3) is 0 Å². The summed E-state index contributed by atoms with van der Waals surface area (Å²) < 4.78 is 0. The molecule has 1 aliphatic rings. The first kappa shape index (κ1) is 14.2. The van der Waals surface area contributed by atoms with Crippen molar-refractivity contribution in [3.8, 4) is 6.07 Å². The van der Waals surface area contributed by atoms with Crippen molar-refractivity contribution in [2.45, 2.75) is 30.7 Å². The molecule has 0 amide bonds. The molecule has 19 heavy (non-hydrogen) atoms. The number of anilines is 1. The fraction of sp³-hybridized carbons (Fsp3) is 0.533. The van der Waals surface area contributed by atoms with Gasteiger partial charge < -0.3 is 10.6 Å². The Bertz CT molecular complexity index is 461. The van der Waals surface area contributed by atoms with Crippen LogP contribution in [0, 0.1) is 17.2 Å². The second kappa shape index (κ2) is 6.83. The van der Waals surface area contributed by atoms with Gasteiger partial charge in [-0.05, 0) is 57.2 Å². The first-order chi connectivity index (χ1) is 9.26. The molecule has 0 saturated carbocycles. The van der Waals surface area contributed by atoms with E-state index in [9.17, 15) is 5.26 Å². The van der Waals surface area contributed by atoms with Crippen molar-refractivity contribution < 1.29 is 0 Å². The highest BCUT2D eigenvalue weighted by Crippen LogP contribution is 2.28. The Kier molecular flexibility index (Phi) is 5.12. The number of piperidine rings is 1. The third-order valence-electron chi connectivity index (χ3n) is 3.78. The average molecular weight is 275 g/mol. The molecule has 1 saturated heterocycles. The highest BCUT2D eigenvalue weighted by atomic mass is 32.2. The molecule has 1 aromatic carbocycles. The van der Waals surface area contributed by atoms with Gasteiger partial charge in [-0.1, -0.05) is 6.07 Å². The van der Waals surface area contributed by atoms with E-state index in [2.05, 4.69) is 23.6 Å². The molecule has 1 fully saturated rings. The monoisotopic (exact) mass is 275 g/mol. The fourth-order valence-electron chi connectivity index (χ4n) is 2.61. The molecule has 102 valence electrons. The molecule has 2 atom stereocenters. The summed E-state index contributed by atoms with van der Waals surface area (Å²) in [5.41, 5.74) is 1.73. The zero-order chi connectivity index (χ0) is 13.7. The SMILES string of the molecule is CSc1cccc(NC(C)C2CCCNC2)c1C#N. The van der Waals surface area contributed by atoms with Crippen LogP contribution in [0.1, 0.15) is 25.3 Å². The molecule has 2 N–H and O–H groups in total. The first-order valence-corrected chi connectivity index (χ1v) is 8.03. The molecule has 0 bridgehead atoms. The molecular weight excluding hydrogens is 254 g/mol. The van der Waals surface area contributed by atoms with Crippen LogP contribution in [0.3, 0.4) is 0 Å². The summed E-state index contributed by atoms with van der Waals surface area (Å²) in [6.45, 7) is 4.41. The maximum absolute atomic E-state index is 9.34. The van der Waals surface area contributed by atoms with Crippen LogP contribution in [0.15, 0.2) is 23.1 Å². The van der Waals surface area contributed by atoms with Crippen molar-refractivity contribution in [2.24, 2.45) is 5.92 Å². The van der Waals surface area contributed by atoms with Gasteiger partial charge in [0.2, 0.25) is 0 Å². The Morgan fingerprint density at radius 1 is 1.53 bits per heavy atom. The third-order valence-corrected chi connectivity index (χ3v) is 4.56. The molecule has 0 aliphatic carbocycles. The van der Waals surface area contributed by atoms with Crippen LogP contribution >= 0.6 is 11.8 Å². The Morgan fingerprint density at radius 3 is 3.00 bits per heavy atom. The van der Waals surface area contributed by atoms with E-state index < -0.39 is 0 Å². The van der Waals surface area contributed by atoms with E-state index in [0.717, 1.165) is 29.2 Å². The van der Waals surface area contributed by atoms with Crippen molar-refractivity contribution in [1.29, 1.82) is 5.26 Å². The van der Waals surface area contributed by atoms with Gasteiger partial charge in [-0.15, -0.1) is 11.8 Å². The van der Waals surface area contributed by atoms with Gasteiger partial charge in [0, 0.05) is 10.9 Å². The van der Waals surface area contributed by atoms with Gasteiger partial charge in [-0.2, -0.15) is 5.26 Å². The lowest BCUT2D eigenvalue weighted by molar-refractivity contribution is 0.347. The molecule has 0 spiro atoms. The molecule has 2 unspecified atom stereocenters. The number of rotatable bonds is 4. The van der Waals surface area contributed by atoms with Crippen molar-refractivity contribution in [3.05, 3.63) is 23.8 Å². The van der Waals surface area contributed by atoms with Gasteiger partial charge in [-0.25, -0.2) is 0 Å². The highest BCUT2D eigenvalue weighted by molar-refractivity contribution is 7.98. The van der Waals surface area contributed by atoms with Crippen LogP contribution in [0.25, 0.3) is 0 Å². The van der Waals surface area contributed by atoms with Gasteiger partial charge in [0.1, 0.15) is 6.07 Å². The van der Waals surface area contributed by atoms with Gasteiger partial charge in [-0.3, -0.25) is 0 Å². The molecule has 1 aliphatic heterocycles. The predicted octanol–water partition coefficient (Wildman–Crippen LogP) is 3.08. The van der Waals surface area contributed by atoms with Crippen molar-refractivity contribution in [3.63, 3.8) is 0 Å². The summed E-state index contributed by atoms with van der Waals surface area (Å²) in [6, 6.07) is 8.73. The maximum atomic E-state index is 9.34. The van der Waals surface area contributed by atoms with Crippen LogP contribution in [0.2, 0.25) is 0 Å². The summed E-state index contributed by atoms with van der Waals surface area (Å²) in [5, 5.41) is 16.3. The molecule has 1 aromatic rings. The van der Waals surface area contributed by atoms with E-state index in [1.165, 1.54) is 12.8 Å². The fourth-order valence-corrected chi connectivity index (χ4v) is 3.18. The Balaban J connectivity index is 2.12. The molecular formula is C15H21N3S. The quantitative estimate of drug-likeness (QED) is 0.829. The van der Waals surface area contributed by atoms with Gasteiger partial charge >= 0.3 is 0 Å². The smallest absolute Gasteiger partial charge is 0.102 e. The average Bonchev–Trinajstić information content (AvgIpc) is 2.47. The molecule has 1 heterocycles. The van der Waals surface area contributed by atoms with Crippen molar-refractivity contribution in [1.82, 2.24) is 5.32 Å². The summed E-state index contributed by atoms with van der Waals surface area (Å²) in [4.78, 5) is 1.04. The number of thioether (sulfide) groups is 1. The van der Waals surface area contributed by atoms with E-state index in [4.69, 9.17) is 0 Å². The molecule has 2 rings (SSSR count). The summed E-state index contributed by atoms with van der Waals surface area (Å²) in [7, 11) is 0. The van der Waals surface area contributed by atoms with E-state index >= 15 is 0 Å². The summed E-state index contributed by atoms with van der Waals surface area (Å²) >= 11 is 1.62. The van der Waals surface area contributed by atoms with Crippen LogP contribution in [-0.2, 0) is 0 Å². The standard InChI is InChI=1S/C15H21N3S/c1-11(12-5-4-8-17-10-12)18-14-6-3-7-15(19-2)13(14)9-16/h3,6-7,11-12,17-18H,4-5,8,10H2,1-2H3. The minimum Gasteiger partial charge on any atom is -0.381 e. The van der Waals surface area contributed by atoms with Gasteiger partial charge in [0.15, 0.2) is 0 Å². The zero-order valence-electron chi connectivity index (χ0n) is 11.6. The first-order valence-electron chi connectivity index (χ1n) is 6.80. The molecule has 4 heteroatoms. The number of hydrogen-bond acceptors (Lipinski definition) is 4. The van der Waals surface area contributed by atoms with E-state index in [0.29, 0.717) is 12.0 Å². The maximum Gasteiger partial charge on any atom is 0.102 e. The minimum atomic E-state index is 0.386. The van der Waals surface area contributed by atoms with Crippen molar-refractivity contribution >= 4 is 17.4 Å². The zero-order valence-corrected chi connectivity index (χ0v) is 12.4. The lowest BCUT2D eigenvalue weighted by Gasteiger charge is -2.30. The van der Waals surface area contributed by atoms with Crippen LogP contribution in [0.4, 0.5) is 5.69 Å². The van der Waals surface area contributed by atoms with Crippen LogP contribution in [-0.4, -0.2) is 25.4 Å². The third kappa shape index (κ3) is 3.43. The highest BCUT2D eigenvalue weighted by Gasteiger charge is 2.20. The molecule has 3 nitrogen and oxygen atoms in total. The predicted molar refractivity (Wildman–Crippen MR) is 81.6 cm³/mol. The second-order valence-corrected chi connectivity index (χ2v) is 5.88. The van der Waals surface area contributed by atoms with E-state index in [-0.39, 0.29) is 0 Å². The summed E-state index contributed by atoms with van der Waals surface area (Å²) in [6.07, 6.45) is 4.51. The number of nitrogens with one attached hydrogen (secondary N) is 2.